The Morgan fingerprint density at radius 3 is 2.60 bits per heavy atom. The molecule has 0 aromatic heterocycles. The van der Waals surface area contributed by atoms with E-state index in [9.17, 15) is 9.50 Å². The Labute approximate surface area is 95.7 Å². The first-order chi connectivity index (χ1) is 6.56. The summed E-state index contributed by atoms with van der Waals surface area (Å²) in [5.74, 6) is -0.315. The zero-order valence-corrected chi connectivity index (χ0v) is 9.72. The molecule has 0 amide bonds. The fourth-order valence-corrected chi connectivity index (χ4v) is 1.43. The standard InChI is InChI=1S/C11H16FNO.ClH/c1-3-10(14)11(13)9-6-8(12)5-4-7(9)2;/h4-6,10-11,14H,3,13H2,1-2H3;1H/t10-,11+;/m1./s1. The fourth-order valence-electron chi connectivity index (χ4n) is 1.43. The van der Waals surface area contributed by atoms with E-state index in [1.54, 1.807) is 6.07 Å². The Kier molecular flexibility index (Phi) is 5.80. The van der Waals surface area contributed by atoms with Crippen molar-refractivity contribution in [2.45, 2.75) is 32.4 Å². The predicted molar refractivity (Wildman–Crippen MR) is 61.6 cm³/mol. The number of rotatable bonds is 3. The van der Waals surface area contributed by atoms with E-state index >= 15 is 0 Å². The van der Waals surface area contributed by atoms with Gasteiger partial charge in [0.25, 0.3) is 0 Å². The van der Waals surface area contributed by atoms with Crippen LogP contribution in [0.2, 0.25) is 0 Å². The summed E-state index contributed by atoms with van der Waals surface area (Å²) in [6.45, 7) is 3.70. The number of aliphatic hydroxyl groups is 1. The van der Waals surface area contributed by atoms with E-state index in [0.717, 1.165) is 5.56 Å². The first-order valence-corrected chi connectivity index (χ1v) is 4.76. The quantitative estimate of drug-likeness (QED) is 0.842. The Balaban J connectivity index is 0.00000196. The van der Waals surface area contributed by atoms with Gasteiger partial charge in [0.2, 0.25) is 0 Å². The molecule has 3 N–H and O–H groups in total. The maximum absolute atomic E-state index is 12.9. The van der Waals surface area contributed by atoms with Gasteiger partial charge in [-0.05, 0) is 36.6 Å². The van der Waals surface area contributed by atoms with Crippen molar-refractivity contribution in [3.8, 4) is 0 Å². The van der Waals surface area contributed by atoms with Crippen molar-refractivity contribution in [3.05, 3.63) is 35.1 Å². The topological polar surface area (TPSA) is 46.2 Å². The van der Waals surface area contributed by atoms with Gasteiger partial charge >= 0.3 is 0 Å². The third kappa shape index (κ3) is 3.45. The lowest BCUT2D eigenvalue weighted by molar-refractivity contribution is 0.140. The average Bonchev–Trinajstić information content (AvgIpc) is 2.19. The number of hydrogen-bond acceptors (Lipinski definition) is 2. The lowest BCUT2D eigenvalue weighted by Crippen LogP contribution is -2.26. The van der Waals surface area contributed by atoms with Crippen molar-refractivity contribution in [2.75, 3.05) is 0 Å². The summed E-state index contributed by atoms with van der Waals surface area (Å²) in [7, 11) is 0. The molecule has 0 bridgehead atoms. The largest absolute Gasteiger partial charge is 0.391 e. The molecule has 4 heteroatoms. The first kappa shape index (κ1) is 14.4. The van der Waals surface area contributed by atoms with Gasteiger partial charge in [0.15, 0.2) is 0 Å². The molecule has 1 aromatic rings. The highest BCUT2D eigenvalue weighted by molar-refractivity contribution is 5.85. The maximum atomic E-state index is 12.9. The molecule has 0 radical (unpaired) electrons. The summed E-state index contributed by atoms with van der Waals surface area (Å²) in [6.07, 6.45) is -0.0487. The predicted octanol–water partition coefficient (Wildman–Crippen LogP) is 2.33. The minimum absolute atomic E-state index is 0. The van der Waals surface area contributed by atoms with Crippen LogP contribution in [0.1, 0.15) is 30.5 Å². The van der Waals surface area contributed by atoms with E-state index in [-0.39, 0.29) is 18.2 Å². The van der Waals surface area contributed by atoms with Crippen molar-refractivity contribution in [1.29, 1.82) is 0 Å². The molecule has 2 nitrogen and oxygen atoms in total. The van der Waals surface area contributed by atoms with E-state index in [1.807, 2.05) is 13.8 Å². The van der Waals surface area contributed by atoms with Crippen molar-refractivity contribution in [3.63, 3.8) is 0 Å². The Morgan fingerprint density at radius 2 is 2.07 bits per heavy atom. The molecule has 1 rings (SSSR count). The van der Waals surface area contributed by atoms with Gasteiger partial charge in [-0.25, -0.2) is 4.39 Å². The SMILES string of the molecule is CC[C@@H](O)[C@@H](N)c1cc(F)ccc1C.Cl. The fraction of sp³-hybridized carbons (Fsp3) is 0.455. The van der Waals surface area contributed by atoms with Gasteiger partial charge in [-0.3, -0.25) is 0 Å². The molecule has 0 heterocycles. The van der Waals surface area contributed by atoms with Gasteiger partial charge in [0.1, 0.15) is 5.82 Å². The average molecular weight is 234 g/mol. The molecule has 0 spiro atoms. The van der Waals surface area contributed by atoms with Crippen molar-refractivity contribution in [1.82, 2.24) is 0 Å². The summed E-state index contributed by atoms with van der Waals surface area (Å²) < 4.78 is 12.9. The number of halogens is 2. The van der Waals surface area contributed by atoms with Crippen LogP contribution in [0.4, 0.5) is 4.39 Å². The van der Waals surface area contributed by atoms with Gasteiger partial charge in [-0.2, -0.15) is 0 Å². The van der Waals surface area contributed by atoms with Crippen molar-refractivity contribution >= 4 is 12.4 Å². The third-order valence-electron chi connectivity index (χ3n) is 2.43. The molecule has 86 valence electrons. The number of aliphatic hydroxyl groups excluding tert-OH is 1. The Bertz CT molecular complexity index is 319. The Hall–Kier alpha value is -0.640. The number of nitrogens with two attached hydrogens (primary N) is 1. The minimum atomic E-state index is -0.615. The molecule has 0 unspecified atom stereocenters. The summed E-state index contributed by atoms with van der Waals surface area (Å²) >= 11 is 0. The van der Waals surface area contributed by atoms with Crippen LogP contribution in [0.15, 0.2) is 18.2 Å². The molecule has 0 fully saturated rings. The highest BCUT2D eigenvalue weighted by Crippen LogP contribution is 2.21. The maximum Gasteiger partial charge on any atom is 0.123 e. The van der Waals surface area contributed by atoms with Crippen LogP contribution >= 0.6 is 12.4 Å². The molecular weight excluding hydrogens is 217 g/mol. The summed E-state index contributed by atoms with van der Waals surface area (Å²) in [4.78, 5) is 0. The van der Waals surface area contributed by atoms with E-state index in [4.69, 9.17) is 5.73 Å². The smallest absolute Gasteiger partial charge is 0.123 e. The van der Waals surface area contributed by atoms with Gasteiger partial charge in [0.05, 0.1) is 12.1 Å². The molecule has 0 aliphatic rings. The minimum Gasteiger partial charge on any atom is -0.391 e. The van der Waals surface area contributed by atoms with Crippen molar-refractivity contribution < 1.29 is 9.50 Å². The third-order valence-corrected chi connectivity index (χ3v) is 2.43. The Morgan fingerprint density at radius 1 is 1.47 bits per heavy atom. The lowest BCUT2D eigenvalue weighted by atomic mass is 9.96. The van der Waals surface area contributed by atoms with Gasteiger partial charge < -0.3 is 10.8 Å². The summed E-state index contributed by atoms with van der Waals surface area (Å²) in [6, 6.07) is 3.95. The molecule has 0 saturated carbocycles. The second-order valence-electron chi connectivity index (χ2n) is 3.50. The molecule has 0 aliphatic carbocycles. The highest BCUT2D eigenvalue weighted by atomic mass is 35.5. The number of hydrogen-bond donors (Lipinski definition) is 2. The van der Waals surface area contributed by atoms with Crippen LogP contribution in [0.3, 0.4) is 0 Å². The van der Waals surface area contributed by atoms with Crippen LogP contribution in [0.5, 0.6) is 0 Å². The second kappa shape index (κ2) is 6.05. The van der Waals surface area contributed by atoms with E-state index < -0.39 is 12.1 Å². The lowest BCUT2D eigenvalue weighted by Gasteiger charge is -2.19. The monoisotopic (exact) mass is 233 g/mol. The van der Waals surface area contributed by atoms with E-state index in [1.165, 1.54) is 12.1 Å². The first-order valence-electron chi connectivity index (χ1n) is 4.76. The normalized spacial score (nSPS) is 14.2. The second-order valence-corrected chi connectivity index (χ2v) is 3.50. The molecular formula is C11H17ClFNO. The van der Waals surface area contributed by atoms with Gasteiger partial charge in [-0.15, -0.1) is 12.4 Å². The van der Waals surface area contributed by atoms with Crippen LogP contribution < -0.4 is 5.73 Å². The zero-order valence-electron chi connectivity index (χ0n) is 8.90. The highest BCUT2D eigenvalue weighted by Gasteiger charge is 2.17. The number of aryl methyl sites for hydroxylation is 1. The summed E-state index contributed by atoms with van der Waals surface area (Å²) in [5, 5.41) is 9.55. The molecule has 15 heavy (non-hydrogen) atoms. The van der Waals surface area contributed by atoms with Crippen LogP contribution in [-0.2, 0) is 0 Å². The molecule has 1 aromatic carbocycles. The van der Waals surface area contributed by atoms with Crippen LogP contribution in [0, 0.1) is 12.7 Å². The van der Waals surface area contributed by atoms with E-state index in [0.29, 0.717) is 12.0 Å². The van der Waals surface area contributed by atoms with Gasteiger partial charge in [-0.1, -0.05) is 13.0 Å². The molecule has 0 aliphatic heterocycles. The van der Waals surface area contributed by atoms with Crippen LogP contribution in [-0.4, -0.2) is 11.2 Å². The zero-order chi connectivity index (χ0) is 10.7. The summed E-state index contributed by atoms with van der Waals surface area (Å²) in [5.41, 5.74) is 7.39. The van der Waals surface area contributed by atoms with Crippen molar-refractivity contribution in [2.24, 2.45) is 5.73 Å². The van der Waals surface area contributed by atoms with E-state index in [2.05, 4.69) is 0 Å². The number of benzene rings is 1. The molecule has 0 saturated heterocycles. The van der Waals surface area contributed by atoms with Crippen LogP contribution in [0.25, 0.3) is 0 Å². The van der Waals surface area contributed by atoms with Gasteiger partial charge in [0, 0.05) is 0 Å². The molecule has 2 atom stereocenters.